The SMILES string of the molecule is C1=Cc2nc1c(CCC1OCCCO1)c1nc(c(-c3ccccc3)c3ccc(cc4ccc([nH]4)c2-c2ccccc2)[nH]3)C=C1. The second-order valence-corrected chi connectivity index (χ2v) is 11.3. The fourth-order valence-electron chi connectivity index (χ4n) is 6.24. The molecule has 8 rings (SSSR count). The van der Waals surface area contributed by atoms with Crippen LogP contribution in [0.3, 0.4) is 0 Å². The van der Waals surface area contributed by atoms with Gasteiger partial charge in [0.2, 0.25) is 0 Å². The lowest BCUT2D eigenvalue weighted by molar-refractivity contribution is -0.180. The van der Waals surface area contributed by atoms with Crippen LogP contribution in [-0.2, 0) is 15.9 Å². The monoisotopic (exact) mass is 576 g/mol. The van der Waals surface area contributed by atoms with Crippen LogP contribution < -0.4 is 0 Å². The summed E-state index contributed by atoms with van der Waals surface area (Å²) in [7, 11) is 0. The predicted molar refractivity (Wildman–Crippen MR) is 178 cm³/mol. The van der Waals surface area contributed by atoms with Gasteiger partial charge in [0.15, 0.2) is 6.29 Å². The first-order chi connectivity index (χ1) is 21.8. The van der Waals surface area contributed by atoms with Crippen molar-refractivity contribution >= 4 is 46.4 Å². The number of nitrogens with one attached hydrogen (secondary N) is 2. The van der Waals surface area contributed by atoms with E-state index in [1.165, 1.54) is 0 Å². The molecule has 0 unspecified atom stereocenters. The zero-order chi connectivity index (χ0) is 29.3. The third kappa shape index (κ3) is 5.19. The first kappa shape index (κ1) is 26.6. The van der Waals surface area contributed by atoms with E-state index in [-0.39, 0.29) is 6.29 Å². The van der Waals surface area contributed by atoms with Crippen LogP contribution in [0.5, 0.6) is 0 Å². The molecule has 1 saturated heterocycles. The molecule has 5 aromatic rings. The maximum absolute atomic E-state index is 5.92. The molecule has 3 aliphatic heterocycles. The minimum absolute atomic E-state index is 0.218. The van der Waals surface area contributed by atoms with Gasteiger partial charge in [-0.1, -0.05) is 60.7 Å². The van der Waals surface area contributed by atoms with Crippen LogP contribution in [0.2, 0.25) is 0 Å². The number of aromatic amines is 2. The largest absolute Gasteiger partial charge is 0.355 e. The molecule has 2 N–H and O–H groups in total. The lowest BCUT2D eigenvalue weighted by Crippen LogP contribution is -2.25. The lowest BCUT2D eigenvalue weighted by atomic mass is 10.0. The van der Waals surface area contributed by atoms with E-state index in [4.69, 9.17) is 19.4 Å². The van der Waals surface area contributed by atoms with Crippen LogP contribution in [0.1, 0.15) is 41.2 Å². The van der Waals surface area contributed by atoms with Gasteiger partial charge in [-0.2, -0.15) is 0 Å². The standard InChI is InChI=1S/C38H32N4O2/c1-3-8-25(9-4-1)37-32-15-12-27(39-32)24-28-13-16-33(40-28)38(26-10-5-2-6-11-26)35-20-18-31(42-35)29(30-17-19-34(37)41-30)14-21-36-43-22-7-23-44-36/h1-6,8-13,15-20,24,36,39-40H,7,14,21-23H2. The van der Waals surface area contributed by atoms with E-state index >= 15 is 0 Å². The highest BCUT2D eigenvalue weighted by Gasteiger charge is 2.20. The topological polar surface area (TPSA) is 75.8 Å². The van der Waals surface area contributed by atoms with Crippen molar-refractivity contribution in [3.8, 4) is 22.3 Å². The molecule has 3 aliphatic rings. The molecule has 0 amide bonds. The van der Waals surface area contributed by atoms with Gasteiger partial charge in [0.25, 0.3) is 0 Å². The molecule has 0 spiro atoms. The van der Waals surface area contributed by atoms with Crippen molar-refractivity contribution in [1.82, 2.24) is 19.9 Å². The van der Waals surface area contributed by atoms with Gasteiger partial charge in [-0.3, -0.25) is 0 Å². The average molecular weight is 577 g/mol. The molecule has 6 heterocycles. The van der Waals surface area contributed by atoms with E-state index in [2.05, 4.69) is 113 Å². The fraction of sp³-hybridized carbons (Fsp3) is 0.158. The molecule has 0 aliphatic carbocycles. The number of hydrogen-bond acceptors (Lipinski definition) is 4. The van der Waals surface area contributed by atoms with Crippen LogP contribution in [-0.4, -0.2) is 39.4 Å². The number of hydrogen-bond donors (Lipinski definition) is 2. The highest BCUT2D eigenvalue weighted by molar-refractivity contribution is 5.93. The first-order valence-electron chi connectivity index (χ1n) is 15.2. The summed E-state index contributed by atoms with van der Waals surface area (Å²) in [5, 5.41) is 0. The molecule has 0 radical (unpaired) electrons. The van der Waals surface area contributed by atoms with E-state index in [0.29, 0.717) is 0 Å². The van der Waals surface area contributed by atoms with Crippen LogP contribution in [0.25, 0.3) is 68.6 Å². The summed E-state index contributed by atoms with van der Waals surface area (Å²) in [6.45, 7) is 1.46. The lowest BCUT2D eigenvalue weighted by Gasteiger charge is -2.23. The van der Waals surface area contributed by atoms with Gasteiger partial charge >= 0.3 is 0 Å². The summed E-state index contributed by atoms with van der Waals surface area (Å²) >= 11 is 0. The molecule has 6 heteroatoms. The van der Waals surface area contributed by atoms with Gasteiger partial charge in [-0.15, -0.1) is 0 Å². The van der Waals surface area contributed by atoms with E-state index in [1.807, 2.05) is 12.1 Å². The van der Waals surface area contributed by atoms with E-state index in [1.54, 1.807) is 0 Å². The minimum atomic E-state index is -0.218. The quantitative estimate of drug-likeness (QED) is 0.215. The maximum Gasteiger partial charge on any atom is 0.157 e. The second kappa shape index (κ2) is 11.6. The molecule has 2 aromatic carbocycles. The predicted octanol–water partition coefficient (Wildman–Crippen LogP) is 8.69. The Hall–Kier alpha value is -5.04. The van der Waals surface area contributed by atoms with Gasteiger partial charge in [-0.05, 0) is 78.6 Å². The molecule has 216 valence electrons. The number of benzene rings is 2. The Morgan fingerprint density at radius 3 is 1.61 bits per heavy atom. The number of rotatable bonds is 5. The smallest absolute Gasteiger partial charge is 0.157 e. The van der Waals surface area contributed by atoms with Crippen molar-refractivity contribution in [2.24, 2.45) is 0 Å². The number of ether oxygens (including phenoxy) is 2. The van der Waals surface area contributed by atoms with Crippen molar-refractivity contribution in [3.63, 3.8) is 0 Å². The molecule has 0 saturated carbocycles. The summed E-state index contributed by atoms with van der Waals surface area (Å²) in [6, 6.07) is 31.6. The molecular weight excluding hydrogens is 544 g/mol. The Balaban J connectivity index is 1.43. The zero-order valence-electron chi connectivity index (χ0n) is 24.3. The van der Waals surface area contributed by atoms with Gasteiger partial charge in [0.05, 0.1) is 36.0 Å². The van der Waals surface area contributed by atoms with Crippen LogP contribution >= 0.6 is 0 Å². The number of aromatic nitrogens is 4. The summed E-state index contributed by atoms with van der Waals surface area (Å²) in [6.07, 6.45) is 10.7. The summed E-state index contributed by atoms with van der Waals surface area (Å²) in [4.78, 5) is 17.8. The highest BCUT2D eigenvalue weighted by atomic mass is 16.7. The molecule has 44 heavy (non-hydrogen) atoms. The van der Waals surface area contributed by atoms with Crippen LogP contribution in [0.4, 0.5) is 0 Å². The van der Waals surface area contributed by atoms with Crippen molar-refractivity contribution in [2.45, 2.75) is 25.6 Å². The Bertz CT molecular complexity index is 1910. The second-order valence-electron chi connectivity index (χ2n) is 11.3. The van der Waals surface area contributed by atoms with Crippen LogP contribution in [0, 0.1) is 0 Å². The van der Waals surface area contributed by atoms with Gasteiger partial charge in [-0.25, -0.2) is 9.97 Å². The molecular formula is C38H32N4O2. The molecule has 8 bridgehead atoms. The summed E-state index contributed by atoms with van der Waals surface area (Å²) < 4.78 is 11.8. The van der Waals surface area contributed by atoms with Crippen molar-refractivity contribution in [1.29, 1.82) is 0 Å². The molecule has 6 nitrogen and oxygen atoms in total. The molecule has 0 atom stereocenters. The van der Waals surface area contributed by atoms with Crippen LogP contribution in [0.15, 0.2) is 91.0 Å². The highest BCUT2D eigenvalue weighted by Crippen LogP contribution is 2.34. The minimum Gasteiger partial charge on any atom is -0.355 e. The Morgan fingerprint density at radius 2 is 1.09 bits per heavy atom. The third-order valence-corrected chi connectivity index (χ3v) is 8.33. The first-order valence-corrected chi connectivity index (χ1v) is 15.2. The van der Waals surface area contributed by atoms with Gasteiger partial charge in [0, 0.05) is 45.2 Å². The Labute approximate surface area is 255 Å². The third-order valence-electron chi connectivity index (χ3n) is 8.33. The van der Waals surface area contributed by atoms with E-state index < -0.39 is 0 Å². The summed E-state index contributed by atoms with van der Waals surface area (Å²) in [5.41, 5.74) is 13.1. The van der Waals surface area contributed by atoms with E-state index in [9.17, 15) is 0 Å². The summed E-state index contributed by atoms with van der Waals surface area (Å²) in [5.74, 6) is 0. The van der Waals surface area contributed by atoms with Crippen molar-refractivity contribution in [2.75, 3.05) is 13.2 Å². The zero-order valence-corrected chi connectivity index (χ0v) is 24.3. The molecule has 1 fully saturated rings. The number of fused-ring (bicyclic) bond motifs is 8. The Morgan fingerprint density at radius 1 is 0.591 bits per heavy atom. The van der Waals surface area contributed by atoms with Gasteiger partial charge < -0.3 is 19.4 Å². The number of H-pyrrole nitrogens is 2. The van der Waals surface area contributed by atoms with Gasteiger partial charge in [0.1, 0.15) is 0 Å². The fourth-order valence-corrected chi connectivity index (χ4v) is 6.24. The number of nitrogens with zero attached hydrogens (tertiary/aromatic N) is 2. The normalized spacial score (nSPS) is 14.7. The maximum atomic E-state index is 5.92. The van der Waals surface area contributed by atoms with Crippen molar-refractivity contribution < 1.29 is 9.47 Å². The van der Waals surface area contributed by atoms with Crippen molar-refractivity contribution in [3.05, 3.63) is 119 Å². The molecule has 3 aromatic heterocycles. The Kier molecular flexibility index (Phi) is 6.99. The van der Waals surface area contributed by atoms with E-state index in [0.717, 1.165) is 105 Å². The average Bonchev–Trinajstić information content (AvgIpc) is 3.90.